The fourth-order valence-corrected chi connectivity index (χ4v) is 3.85. The summed E-state index contributed by atoms with van der Waals surface area (Å²) in [7, 11) is 0. The Bertz CT molecular complexity index is 929. The first-order valence-corrected chi connectivity index (χ1v) is 10.1. The van der Waals surface area contributed by atoms with Gasteiger partial charge >= 0.3 is 6.03 Å². The Morgan fingerprint density at radius 1 is 1.10 bits per heavy atom. The number of hydrogen-bond donors (Lipinski definition) is 2. The lowest BCUT2D eigenvalue weighted by atomic mass is 10.1. The number of rotatable bonds is 4. The maximum atomic E-state index is 14.7. The van der Waals surface area contributed by atoms with Crippen molar-refractivity contribution in [2.24, 2.45) is 0 Å². The zero-order chi connectivity index (χ0) is 21.3. The lowest BCUT2D eigenvalue weighted by Gasteiger charge is -2.37. The highest BCUT2D eigenvalue weighted by Crippen LogP contribution is 2.34. The standard InChI is InChI=1S/C22H26FN3O4/c1-13-10-26(11-14(2)30-13)19-6-5-17(9-18(19)23)25-22(27)24-15(3)16-4-7-20-21(8-16)29-12-28-20/h4-9,13-15H,10-12H2,1-3H3,(H2,24,25,27). The largest absolute Gasteiger partial charge is 0.454 e. The highest BCUT2D eigenvalue weighted by molar-refractivity contribution is 5.89. The van der Waals surface area contributed by atoms with Gasteiger partial charge in [-0.05, 0) is 56.7 Å². The van der Waals surface area contributed by atoms with E-state index < -0.39 is 6.03 Å². The van der Waals surface area contributed by atoms with E-state index in [0.29, 0.717) is 36.0 Å². The van der Waals surface area contributed by atoms with Crippen molar-refractivity contribution in [3.8, 4) is 11.5 Å². The van der Waals surface area contributed by atoms with Crippen molar-refractivity contribution in [2.75, 3.05) is 30.1 Å². The molecule has 2 aliphatic rings. The number of hydrogen-bond acceptors (Lipinski definition) is 5. The number of nitrogens with one attached hydrogen (secondary N) is 2. The molecule has 8 heteroatoms. The average Bonchev–Trinajstić information content (AvgIpc) is 3.15. The van der Waals surface area contributed by atoms with Crippen molar-refractivity contribution in [2.45, 2.75) is 39.0 Å². The van der Waals surface area contributed by atoms with E-state index in [1.54, 1.807) is 12.1 Å². The van der Waals surface area contributed by atoms with E-state index in [1.807, 2.05) is 43.9 Å². The second-order valence-electron chi connectivity index (χ2n) is 7.76. The molecule has 1 saturated heterocycles. The van der Waals surface area contributed by atoms with Gasteiger partial charge in [-0.25, -0.2) is 9.18 Å². The SMILES string of the molecule is CC1CN(c2ccc(NC(=O)NC(C)c3ccc4c(c3)OCO4)cc2F)CC(C)O1. The minimum Gasteiger partial charge on any atom is -0.454 e. The maximum absolute atomic E-state index is 14.7. The summed E-state index contributed by atoms with van der Waals surface area (Å²) in [6, 6.07) is 9.58. The molecule has 3 atom stereocenters. The number of ether oxygens (including phenoxy) is 3. The number of amides is 2. The third-order valence-electron chi connectivity index (χ3n) is 5.21. The van der Waals surface area contributed by atoms with Gasteiger partial charge < -0.3 is 29.7 Å². The Balaban J connectivity index is 1.38. The number of halogens is 1. The Morgan fingerprint density at radius 3 is 2.57 bits per heavy atom. The van der Waals surface area contributed by atoms with Crippen molar-refractivity contribution in [1.82, 2.24) is 5.32 Å². The molecule has 2 heterocycles. The summed E-state index contributed by atoms with van der Waals surface area (Å²) in [6.07, 6.45) is 0.0730. The number of carbonyl (C=O) groups excluding carboxylic acids is 1. The molecule has 2 N–H and O–H groups in total. The molecule has 2 aliphatic heterocycles. The Hall–Kier alpha value is -3.00. The number of benzene rings is 2. The number of morpholine rings is 1. The number of nitrogens with zero attached hydrogens (tertiary/aromatic N) is 1. The Kier molecular flexibility index (Phi) is 5.67. The van der Waals surface area contributed by atoms with Gasteiger partial charge in [0.1, 0.15) is 5.82 Å². The zero-order valence-corrected chi connectivity index (χ0v) is 17.3. The summed E-state index contributed by atoms with van der Waals surface area (Å²) >= 11 is 0. The van der Waals surface area contributed by atoms with Crippen LogP contribution in [0.3, 0.4) is 0 Å². The molecule has 0 radical (unpaired) electrons. The van der Waals surface area contributed by atoms with E-state index in [-0.39, 0.29) is 30.9 Å². The van der Waals surface area contributed by atoms with Crippen molar-refractivity contribution < 1.29 is 23.4 Å². The van der Waals surface area contributed by atoms with Gasteiger partial charge in [0.05, 0.1) is 23.9 Å². The minimum atomic E-state index is -0.416. The fourth-order valence-electron chi connectivity index (χ4n) is 3.85. The molecule has 0 saturated carbocycles. The van der Waals surface area contributed by atoms with Crippen molar-refractivity contribution in [1.29, 1.82) is 0 Å². The summed E-state index contributed by atoms with van der Waals surface area (Å²) in [5.74, 6) is 0.971. The van der Waals surface area contributed by atoms with Crippen LogP contribution < -0.4 is 25.0 Å². The van der Waals surface area contributed by atoms with Crippen LogP contribution in [0.1, 0.15) is 32.4 Å². The first-order chi connectivity index (χ1) is 14.4. The highest BCUT2D eigenvalue weighted by atomic mass is 19.1. The third-order valence-corrected chi connectivity index (χ3v) is 5.21. The number of urea groups is 1. The predicted molar refractivity (Wildman–Crippen MR) is 112 cm³/mol. The quantitative estimate of drug-likeness (QED) is 0.788. The second kappa shape index (κ2) is 8.39. The molecule has 0 aromatic heterocycles. The van der Waals surface area contributed by atoms with Gasteiger partial charge in [0.25, 0.3) is 0 Å². The molecule has 2 amide bonds. The summed E-state index contributed by atoms with van der Waals surface area (Å²) in [4.78, 5) is 14.4. The van der Waals surface area contributed by atoms with E-state index in [4.69, 9.17) is 14.2 Å². The van der Waals surface area contributed by atoms with Crippen LogP contribution in [-0.4, -0.2) is 38.1 Å². The van der Waals surface area contributed by atoms with Crippen LogP contribution in [0.2, 0.25) is 0 Å². The molecule has 3 unspecified atom stereocenters. The Morgan fingerprint density at radius 2 is 1.83 bits per heavy atom. The van der Waals surface area contributed by atoms with E-state index in [0.717, 1.165) is 5.56 Å². The second-order valence-corrected chi connectivity index (χ2v) is 7.76. The monoisotopic (exact) mass is 415 g/mol. The van der Waals surface area contributed by atoms with Crippen LogP contribution >= 0.6 is 0 Å². The summed E-state index contributed by atoms with van der Waals surface area (Å²) in [5.41, 5.74) is 1.78. The molecule has 30 heavy (non-hydrogen) atoms. The van der Waals surface area contributed by atoms with E-state index in [2.05, 4.69) is 10.6 Å². The minimum absolute atomic E-state index is 0.0365. The lowest BCUT2D eigenvalue weighted by molar-refractivity contribution is -0.00539. The van der Waals surface area contributed by atoms with Gasteiger partial charge in [-0.1, -0.05) is 6.07 Å². The van der Waals surface area contributed by atoms with Crippen LogP contribution in [0.25, 0.3) is 0 Å². The molecule has 0 spiro atoms. The average molecular weight is 415 g/mol. The van der Waals surface area contributed by atoms with Gasteiger partial charge in [-0.3, -0.25) is 0 Å². The molecule has 160 valence electrons. The molecule has 7 nitrogen and oxygen atoms in total. The summed E-state index contributed by atoms with van der Waals surface area (Å²) in [5, 5.41) is 5.54. The number of anilines is 2. The lowest BCUT2D eigenvalue weighted by Crippen LogP contribution is -2.45. The van der Waals surface area contributed by atoms with Gasteiger partial charge in [0, 0.05) is 18.8 Å². The fraction of sp³-hybridized carbons (Fsp3) is 0.409. The van der Waals surface area contributed by atoms with Gasteiger partial charge in [-0.15, -0.1) is 0 Å². The van der Waals surface area contributed by atoms with Crippen LogP contribution in [0.5, 0.6) is 11.5 Å². The van der Waals surface area contributed by atoms with Crippen molar-refractivity contribution >= 4 is 17.4 Å². The third kappa shape index (κ3) is 4.43. The first-order valence-electron chi connectivity index (χ1n) is 10.1. The zero-order valence-electron chi connectivity index (χ0n) is 17.3. The smallest absolute Gasteiger partial charge is 0.319 e. The van der Waals surface area contributed by atoms with Crippen molar-refractivity contribution in [3.63, 3.8) is 0 Å². The van der Waals surface area contributed by atoms with Gasteiger partial charge in [-0.2, -0.15) is 0 Å². The summed E-state index contributed by atoms with van der Waals surface area (Å²) < 4.78 is 31.1. The maximum Gasteiger partial charge on any atom is 0.319 e. The molecule has 0 aliphatic carbocycles. The molecule has 2 aromatic carbocycles. The van der Waals surface area contributed by atoms with Gasteiger partial charge in [0.15, 0.2) is 11.5 Å². The molecule has 0 bridgehead atoms. The Labute approximate surface area is 175 Å². The van der Waals surface area contributed by atoms with E-state index in [9.17, 15) is 9.18 Å². The van der Waals surface area contributed by atoms with Gasteiger partial charge in [0.2, 0.25) is 6.79 Å². The molecular weight excluding hydrogens is 389 g/mol. The molecule has 4 rings (SSSR count). The highest BCUT2D eigenvalue weighted by Gasteiger charge is 2.24. The van der Waals surface area contributed by atoms with Crippen molar-refractivity contribution in [3.05, 3.63) is 47.8 Å². The normalized spacial score (nSPS) is 21.3. The van der Waals surface area contributed by atoms with Crippen LogP contribution in [0.4, 0.5) is 20.6 Å². The molecule has 1 fully saturated rings. The van der Waals surface area contributed by atoms with Crippen LogP contribution in [0, 0.1) is 5.82 Å². The predicted octanol–water partition coefficient (Wildman–Crippen LogP) is 4.05. The topological polar surface area (TPSA) is 72.1 Å². The number of carbonyl (C=O) groups is 1. The summed E-state index contributed by atoms with van der Waals surface area (Å²) in [6.45, 7) is 7.26. The van der Waals surface area contributed by atoms with E-state index >= 15 is 0 Å². The van der Waals surface area contributed by atoms with Crippen LogP contribution in [-0.2, 0) is 4.74 Å². The molecule has 2 aromatic rings. The first kappa shape index (κ1) is 20.3. The molecular formula is C22H26FN3O4. The van der Waals surface area contributed by atoms with Crippen LogP contribution in [0.15, 0.2) is 36.4 Å². The van der Waals surface area contributed by atoms with E-state index in [1.165, 1.54) is 6.07 Å². The number of fused-ring (bicyclic) bond motifs is 1.